The fraction of sp³-hybridized carbons (Fsp3) is 0.588. The van der Waals surface area contributed by atoms with Crippen molar-refractivity contribution in [2.45, 2.75) is 59.8 Å². The molecule has 0 bridgehead atoms. The van der Waals surface area contributed by atoms with Gasteiger partial charge in [0.1, 0.15) is 11.5 Å². The number of rotatable bonds is 8. The monoisotopic (exact) mass is 296 g/mol. The second-order valence-corrected chi connectivity index (χ2v) is 5.59. The van der Waals surface area contributed by atoms with E-state index >= 15 is 0 Å². The second-order valence-electron chi connectivity index (χ2n) is 5.18. The zero-order valence-corrected chi connectivity index (χ0v) is 13.8. The van der Waals surface area contributed by atoms with E-state index < -0.39 is 0 Å². The number of ether oxygens (including phenoxy) is 1. The van der Waals surface area contributed by atoms with Gasteiger partial charge >= 0.3 is 0 Å². The molecule has 0 atom stereocenters. The van der Waals surface area contributed by atoms with E-state index in [9.17, 15) is 4.79 Å². The summed E-state index contributed by atoms with van der Waals surface area (Å²) >= 11 is 6.26. The lowest BCUT2D eigenvalue weighted by Gasteiger charge is -2.17. The smallest absolute Gasteiger partial charge is 0.132 e. The van der Waals surface area contributed by atoms with Crippen LogP contribution < -0.4 is 4.74 Å². The highest BCUT2D eigenvalue weighted by atomic mass is 35.5. The van der Waals surface area contributed by atoms with Crippen LogP contribution in [0.25, 0.3) is 0 Å². The number of ketones is 1. The van der Waals surface area contributed by atoms with E-state index in [1.54, 1.807) is 0 Å². The third-order valence-electron chi connectivity index (χ3n) is 3.49. The summed E-state index contributed by atoms with van der Waals surface area (Å²) in [5, 5.41) is 0.779. The molecule has 2 nitrogen and oxygen atoms in total. The number of hydrogen-bond donors (Lipinski definition) is 0. The molecule has 0 radical (unpaired) electrons. The van der Waals surface area contributed by atoms with Gasteiger partial charge in [-0.1, -0.05) is 18.5 Å². The number of carbonyl (C=O) groups is 1. The molecule has 0 heterocycles. The van der Waals surface area contributed by atoms with Crippen molar-refractivity contribution in [3.05, 3.63) is 27.8 Å². The number of Topliss-reactive ketones (excluding diaryl/α,β-unsaturated/α-hetero) is 1. The van der Waals surface area contributed by atoms with Gasteiger partial charge in [-0.3, -0.25) is 4.79 Å². The van der Waals surface area contributed by atoms with E-state index in [1.165, 1.54) is 0 Å². The first-order valence-electron chi connectivity index (χ1n) is 7.44. The van der Waals surface area contributed by atoms with Crippen LogP contribution in [0.2, 0.25) is 5.02 Å². The van der Waals surface area contributed by atoms with Crippen LogP contribution in [0.3, 0.4) is 0 Å². The summed E-state index contributed by atoms with van der Waals surface area (Å²) in [6.45, 7) is 8.70. The van der Waals surface area contributed by atoms with Gasteiger partial charge in [-0.25, -0.2) is 0 Å². The average molecular weight is 297 g/mol. The zero-order valence-electron chi connectivity index (χ0n) is 13.0. The van der Waals surface area contributed by atoms with E-state index in [4.69, 9.17) is 16.3 Å². The Hall–Kier alpha value is -1.02. The summed E-state index contributed by atoms with van der Waals surface area (Å²) in [4.78, 5) is 11.6. The molecular weight excluding hydrogens is 272 g/mol. The highest BCUT2D eigenvalue weighted by molar-refractivity contribution is 6.31. The maximum atomic E-state index is 11.6. The molecule has 1 aromatic rings. The molecule has 3 heteroatoms. The van der Waals surface area contributed by atoms with E-state index in [2.05, 4.69) is 0 Å². The molecule has 0 aliphatic rings. The Morgan fingerprint density at radius 1 is 1.25 bits per heavy atom. The Morgan fingerprint density at radius 3 is 2.55 bits per heavy atom. The number of halogens is 1. The van der Waals surface area contributed by atoms with Crippen molar-refractivity contribution in [1.82, 2.24) is 0 Å². The quantitative estimate of drug-likeness (QED) is 0.671. The standard InChI is InChI=1S/C17H25ClO2/c1-5-8-14(19)9-7-10-15-13(4)16(18)11-12(3)17(15)20-6-2/h11H,5-10H2,1-4H3. The molecule has 0 unspecified atom stereocenters. The minimum Gasteiger partial charge on any atom is -0.493 e. The first-order chi connectivity index (χ1) is 9.51. The van der Waals surface area contributed by atoms with Gasteiger partial charge in [0.25, 0.3) is 0 Å². The van der Waals surface area contributed by atoms with Crippen molar-refractivity contribution in [1.29, 1.82) is 0 Å². The Kier molecular flexibility index (Phi) is 7.08. The summed E-state index contributed by atoms with van der Waals surface area (Å²) < 4.78 is 5.77. The van der Waals surface area contributed by atoms with Crippen LogP contribution in [0, 0.1) is 13.8 Å². The first-order valence-corrected chi connectivity index (χ1v) is 7.82. The SMILES string of the molecule is CCCC(=O)CCCc1c(C)c(Cl)cc(C)c1OCC. The molecule has 112 valence electrons. The maximum absolute atomic E-state index is 11.6. The molecule has 1 aromatic carbocycles. The molecular formula is C17H25ClO2. The van der Waals surface area contributed by atoms with Crippen LogP contribution in [-0.4, -0.2) is 12.4 Å². The Morgan fingerprint density at radius 2 is 1.95 bits per heavy atom. The van der Waals surface area contributed by atoms with Gasteiger partial charge in [-0.05, 0) is 62.8 Å². The molecule has 0 fully saturated rings. The summed E-state index contributed by atoms with van der Waals surface area (Å²) in [6, 6.07) is 1.95. The number of aryl methyl sites for hydroxylation is 1. The molecule has 20 heavy (non-hydrogen) atoms. The van der Waals surface area contributed by atoms with Crippen molar-refractivity contribution in [3.8, 4) is 5.75 Å². The van der Waals surface area contributed by atoms with E-state index in [0.717, 1.165) is 46.7 Å². The van der Waals surface area contributed by atoms with Crippen LogP contribution in [0.4, 0.5) is 0 Å². The van der Waals surface area contributed by atoms with Gasteiger partial charge in [0.15, 0.2) is 0 Å². The lowest BCUT2D eigenvalue weighted by Crippen LogP contribution is -2.04. The predicted molar refractivity (Wildman–Crippen MR) is 84.9 cm³/mol. The van der Waals surface area contributed by atoms with Gasteiger partial charge < -0.3 is 4.74 Å². The second kappa shape index (κ2) is 8.31. The van der Waals surface area contributed by atoms with Gasteiger partial charge in [0, 0.05) is 17.9 Å². The third kappa shape index (κ3) is 4.52. The van der Waals surface area contributed by atoms with Crippen molar-refractivity contribution < 1.29 is 9.53 Å². The summed E-state index contributed by atoms with van der Waals surface area (Å²) in [6.07, 6.45) is 3.96. The van der Waals surface area contributed by atoms with Crippen LogP contribution in [-0.2, 0) is 11.2 Å². The van der Waals surface area contributed by atoms with Crippen LogP contribution in [0.5, 0.6) is 5.75 Å². The van der Waals surface area contributed by atoms with Crippen LogP contribution in [0.1, 0.15) is 56.2 Å². The average Bonchev–Trinajstić information content (AvgIpc) is 2.39. The molecule has 0 aliphatic heterocycles. The Labute approximate surface area is 127 Å². The lowest BCUT2D eigenvalue weighted by atomic mass is 9.97. The highest BCUT2D eigenvalue weighted by Crippen LogP contribution is 2.33. The topological polar surface area (TPSA) is 26.3 Å². The number of benzene rings is 1. The van der Waals surface area contributed by atoms with E-state index in [1.807, 2.05) is 33.8 Å². The zero-order chi connectivity index (χ0) is 15.1. The van der Waals surface area contributed by atoms with Gasteiger partial charge in [-0.15, -0.1) is 0 Å². The van der Waals surface area contributed by atoms with Gasteiger partial charge in [0.2, 0.25) is 0 Å². The fourth-order valence-electron chi connectivity index (χ4n) is 2.43. The summed E-state index contributed by atoms with van der Waals surface area (Å²) in [7, 11) is 0. The van der Waals surface area contributed by atoms with Crippen LogP contribution in [0.15, 0.2) is 6.07 Å². The van der Waals surface area contributed by atoms with Crippen LogP contribution >= 0.6 is 11.6 Å². The predicted octanol–water partition coefficient (Wildman–Crippen LogP) is 5.05. The molecule has 0 saturated carbocycles. The first kappa shape index (κ1) is 17.0. The third-order valence-corrected chi connectivity index (χ3v) is 3.88. The number of carbonyl (C=O) groups excluding carboxylic acids is 1. The van der Waals surface area contributed by atoms with Gasteiger partial charge in [0.05, 0.1) is 6.61 Å². The lowest BCUT2D eigenvalue weighted by molar-refractivity contribution is -0.119. The van der Waals surface area contributed by atoms with Crippen molar-refractivity contribution in [2.75, 3.05) is 6.61 Å². The fourth-order valence-corrected chi connectivity index (χ4v) is 2.71. The summed E-state index contributed by atoms with van der Waals surface area (Å²) in [5.41, 5.74) is 3.29. The molecule has 0 aromatic heterocycles. The van der Waals surface area contributed by atoms with Crippen molar-refractivity contribution >= 4 is 17.4 Å². The van der Waals surface area contributed by atoms with Crippen molar-refractivity contribution in [2.24, 2.45) is 0 Å². The van der Waals surface area contributed by atoms with E-state index in [-0.39, 0.29) is 0 Å². The Bertz CT molecular complexity index is 467. The normalized spacial score (nSPS) is 10.7. The maximum Gasteiger partial charge on any atom is 0.132 e. The molecule has 0 N–H and O–H groups in total. The minimum absolute atomic E-state index is 0.349. The largest absolute Gasteiger partial charge is 0.493 e. The number of hydrogen-bond acceptors (Lipinski definition) is 2. The highest BCUT2D eigenvalue weighted by Gasteiger charge is 2.14. The molecule has 0 amide bonds. The van der Waals surface area contributed by atoms with E-state index in [0.29, 0.717) is 25.2 Å². The Balaban J connectivity index is 2.84. The molecule has 0 spiro atoms. The van der Waals surface area contributed by atoms with Gasteiger partial charge in [-0.2, -0.15) is 0 Å². The molecule has 0 saturated heterocycles. The van der Waals surface area contributed by atoms with Crippen molar-refractivity contribution in [3.63, 3.8) is 0 Å². The minimum atomic E-state index is 0.349. The summed E-state index contributed by atoms with van der Waals surface area (Å²) in [5.74, 6) is 1.29. The molecule has 1 rings (SSSR count). The molecule has 0 aliphatic carbocycles.